The molecule has 1 saturated heterocycles. The fourth-order valence-electron chi connectivity index (χ4n) is 1.72. The normalized spacial score (nSPS) is 22.5. The molecule has 4 heteroatoms. The van der Waals surface area contributed by atoms with E-state index in [1.54, 1.807) is 0 Å². The molecule has 0 aromatic carbocycles. The topological polar surface area (TPSA) is 52.6 Å². The largest absolute Gasteiger partial charge is 0.480 e. The zero-order chi connectivity index (χ0) is 9.68. The summed E-state index contributed by atoms with van der Waals surface area (Å²) in [6.45, 7) is 4.91. The Morgan fingerprint density at radius 1 is 1.69 bits per heavy atom. The number of hydrogen-bond acceptors (Lipinski definition) is 3. The van der Waals surface area contributed by atoms with Crippen molar-refractivity contribution in [2.75, 3.05) is 26.2 Å². The van der Waals surface area contributed by atoms with Crippen molar-refractivity contribution in [1.29, 1.82) is 0 Å². The van der Waals surface area contributed by atoms with Crippen LogP contribution in [0.15, 0.2) is 0 Å². The molecule has 0 spiro atoms. The predicted octanol–water partition coefficient (Wildman–Crippen LogP) is 0.145. The van der Waals surface area contributed by atoms with Gasteiger partial charge in [-0.1, -0.05) is 6.92 Å². The van der Waals surface area contributed by atoms with E-state index in [1.165, 1.54) is 12.8 Å². The van der Waals surface area contributed by atoms with Gasteiger partial charge in [0.2, 0.25) is 0 Å². The number of carboxylic acid groups (broad SMARTS) is 1. The van der Waals surface area contributed by atoms with Crippen LogP contribution in [0.4, 0.5) is 0 Å². The highest BCUT2D eigenvalue weighted by molar-refractivity contribution is 5.69. The van der Waals surface area contributed by atoms with Gasteiger partial charge in [0, 0.05) is 12.6 Å². The van der Waals surface area contributed by atoms with Gasteiger partial charge in [-0.3, -0.25) is 9.69 Å². The molecule has 1 unspecified atom stereocenters. The minimum Gasteiger partial charge on any atom is -0.480 e. The maximum Gasteiger partial charge on any atom is 0.317 e. The molecule has 0 amide bonds. The van der Waals surface area contributed by atoms with E-state index >= 15 is 0 Å². The second-order valence-electron chi connectivity index (χ2n) is 3.51. The Morgan fingerprint density at radius 2 is 2.46 bits per heavy atom. The Morgan fingerprint density at radius 3 is 2.92 bits per heavy atom. The van der Waals surface area contributed by atoms with E-state index in [2.05, 4.69) is 5.32 Å². The van der Waals surface area contributed by atoms with Gasteiger partial charge in [-0.15, -0.1) is 0 Å². The minimum atomic E-state index is -0.736. The van der Waals surface area contributed by atoms with Gasteiger partial charge in [-0.25, -0.2) is 0 Å². The summed E-state index contributed by atoms with van der Waals surface area (Å²) in [5.41, 5.74) is 0. The van der Waals surface area contributed by atoms with Crippen LogP contribution in [0.5, 0.6) is 0 Å². The van der Waals surface area contributed by atoms with Crippen LogP contribution in [0.2, 0.25) is 0 Å². The van der Waals surface area contributed by atoms with E-state index in [1.807, 2.05) is 11.8 Å². The average Bonchev–Trinajstić information content (AvgIpc) is 2.55. The lowest BCUT2D eigenvalue weighted by molar-refractivity contribution is -0.138. The highest BCUT2D eigenvalue weighted by Crippen LogP contribution is 2.06. The van der Waals surface area contributed by atoms with Crippen LogP contribution < -0.4 is 5.32 Å². The molecular weight excluding hydrogens is 168 g/mol. The number of aliphatic carboxylic acids is 1. The molecule has 0 saturated carbocycles. The quantitative estimate of drug-likeness (QED) is 0.641. The summed E-state index contributed by atoms with van der Waals surface area (Å²) < 4.78 is 0. The molecule has 1 heterocycles. The van der Waals surface area contributed by atoms with E-state index in [4.69, 9.17) is 5.11 Å². The van der Waals surface area contributed by atoms with Crippen molar-refractivity contribution in [3.8, 4) is 0 Å². The fourth-order valence-corrected chi connectivity index (χ4v) is 1.72. The van der Waals surface area contributed by atoms with Crippen LogP contribution in [0.25, 0.3) is 0 Å². The number of carbonyl (C=O) groups is 1. The summed E-state index contributed by atoms with van der Waals surface area (Å²) >= 11 is 0. The first-order chi connectivity index (χ1) is 6.22. The van der Waals surface area contributed by atoms with E-state index < -0.39 is 5.97 Å². The maximum absolute atomic E-state index is 10.5. The van der Waals surface area contributed by atoms with Gasteiger partial charge in [0.05, 0.1) is 6.54 Å². The lowest BCUT2D eigenvalue weighted by Crippen LogP contribution is -2.39. The number of likely N-dealkylation sites (N-methyl/N-ethyl adjacent to an activating group) is 1. The van der Waals surface area contributed by atoms with Crippen LogP contribution in [0, 0.1) is 0 Å². The number of rotatable bonds is 5. The van der Waals surface area contributed by atoms with Crippen molar-refractivity contribution in [3.05, 3.63) is 0 Å². The molecule has 2 N–H and O–H groups in total. The second kappa shape index (κ2) is 5.19. The predicted molar refractivity (Wildman–Crippen MR) is 50.8 cm³/mol. The van der Waals surface area contributed by atoms with Crippen molar-refractivity contribution in [2.45, 2.75) is 25.8 Å². The molecule has 1 fully saturated rings. The van der Waals surface area contributed by atoms with Crippen molar-refractivity contribution >= 4 is 5.97 Å². The molecule has 13 heavy (non-hydrogen) atoms. The average molecular weight is 186 g/mol. The zero-order valence-electron chi connectivity index (χ0n) is 8.12. The lowest BCUT2D eigenvalue weighted by atomic mass is 10.2. The summed E-state index contributed by atoms with van der Waals surface area (Å²) in [5, 5.41) is 12.0. The van der Waals surface area contributed by atoms with Gasteiger partial charge in [-0.05, 0) is 25.9 Å². The van der Waals surface area contributed by atoms with Crippen molar-refractivity contribution in [2.24, 2.45) is 0 Å². The van der Waals surface area contributed by atoms with Crippen LogP contribution in [-0.2, 0) is 4.79 Å². The van der Waals surface area contributed by atoms with Gasteiger partial charge < -0.3 is 10.4 Å². The monoisotopic (exact) mass is 186 g/mol. The molecule has 1 aliphatic rings. The summed E-state index contributed by atoms with van der Waals surface area (Å²) in [6, 6.07) is 0.499. The van der Waals surface area contributed by atoms with Crippen LogP contribution >= 0.6 is 0 Å². The van der Waals surface area contributed by atoms with E-state index in [0.29, 0.717) is 6.04 Å². The fraction of sp³-hybridized carbons (Fsp3) is 0.889. The summed E-state index contributed by atoms with van der Waals surface area (Å²) in [5.74, 6) is -0.736. The van der Waals surface area contributed by atoms with Crippen molar-refractivity contribution in [1.82, 2.24) is 10.2 Å². The standard InChI is InChI=1S/C9H18N2O2/c1-2-11(7-9(12)13)6-8-4-3-5-10-8/h8,10H,2-7H2,1H3,(H,12,13). The highest BCUT2D eigenvalue weighted by atomic mass is 16.4. The number of nitrogens with zero attached hydrogens (tertiary/aromatic N) is 1. The Balaban J connectivity index is 2.25. The number of nitrogens with one attached hydrogen (secondary N) is 1. The molecule has 76 valence electrons. The molecule has 1 atom stereocenters. The van der Waals surface area contributed by atoms with Gasteiger partial charge in [0.15, 0.2) is 0 Å². The highest BCUT2D eigenvalue weighted by Gasteiger charge is 2.17. The third kappa shape index (κ3) is 3.74. The number of carboxylic acids is 1. The lowest BCUT2D eigenvalue weighted by Gasteiger charge is -2.21. The van der Waals surface area contributed by atoms with E-state index in [0.717, 1.165) is 19.6 Å². The molecule has 1 aliphatic heterocycles. The van der Waals surface area contributed by atoms with Gasteiger partial charge >= 0.3 is 5.97 Å². The third-order valence-corrected chi connectivity index (χ3v) is 2.45. The van der Waals surface area contributed by atoms with Crippen molar-refractivity contribution in [3.63, 3.8) is 0 Å². The summed E-state index contributed by atoms with van der Waals surface area (Å²) in [7, 11) is 0. The summed E-state index contributed by atoms with van der Waals surface area (Å²) in [4.78, 5) is 12.4. The Hall–Kier alpha value is -0.610. The van der Waals surface area contributed by atoms with Gasteiger partial charge in [0.1, 0.15) is 0 Å². The molecular formula is C9H18N2O2. The zero-order valence-corrected chi connectivity index (χ0v) is 8.12. The number of hydrogen-bond donors (Lipinski definition) is 2. The van der Waals surface area contributed by atoms with E-state index in [-0.39, 0.29) is 6.54 Å². The molecule has 0 aromatic rings. The molecule has 0 aliphatic carbocycles. The first-order valence-electron chi connectivity index (χ1n) is 4.90. The first-order valence-corrected chi connectivity index (χ1v) is 4.90. The second-order valence-corrected chi connectivity index (χ2v) is 3.51. The maximum atomic E-state index is 10.5. The molecule has 1 rings (SSSR count). The molecule has 0 radical (unpaired) electrons. The Bertz CT molecular complexity index is 167. The van der Waals surface area contributed by atoms with Crippen LogP contribution in [0.1, 0.15) is 19.8 Å². The third-order valence-electron chi connectivity index (χ3n) is 2.45. The Kier molecular flexibility index (Phi) is 4.18. The van der Waals surface area contributed by atoms with E-state index in [9.17, 15) is 4.79 Å². The van der Waals surface area contributed by atoms with Crippen LogP contribution in [0.3, 0.4) is 0 Å². The smallest absolute Gasteiger partial charge is 0.317 e. The minimum absolute atomic E-state index is 0.161. The molecule has 0 bridgehead atoms. The van der Waals surface area contributed by atoms with Crippen molar-refractivity contribution < 1.29 is 9.90 Å². The SMILES string of the molecule is CCN(CC(=O)O)CC1CCCN1. The Labute approximate surface area is 78.9 Å². The van der Waals surface area contributed by atoms with Crippen LogP contribution in [-0.4, -0.2) is 48.2 Å². The van der Waals surface area contributed by atoms with Gasteiger partial charge in [-0.2, -0.15) is 0 Å². The summed E-state index contributed by atoms with van der Waals surface area (Å²) in [6.07, 6.45) is 2.39. The molecule has 4 nitrogen and oxygen atoms in total. The molecule has 0 aromatic heterocycles. The first kappa shape index (κ1) is 10.5. The van der Waals surface area contributed by atoms with Gasteiger partial charge in [0.25, 0.3) is 0 Å².